The monoisotopic (exact) mass is 297 g/mol. The highest BCUT2D eigenvalue weighted by atomic mass is 16.2. The Kier molecular flexibility index (Phi) is 4.88. The number of nitrogens with one attached hydrogen (secondary N) is 2. The van der Waals surface area contributed by atoms with Crippen molar-refractivity contribution in [1.29, 1.82) is 0 Å². The predicted octanol–water partition coefficient (Wildman–Crippen LogP) is 4.33. The van der Waals surface area contributed by atoms with Gasteiger partial charge in [-0.2, -0.15) is 0 Å². The number of pyridine rings is 1. The second-order valence-corrected chi connectivity index (χ2v) is 6.11. The lowest BCUT2D eigenvalue weighted by atomic mass is 9.87. The minimum Gasteiger partial charge on any atom is -0.338 e. The van der Waals surface area contributed by atoms with Gasteiger partial charge in [0.25, 0.3) is 0 Å². The maximum Gasteiger partial charge on any atom is 0.319 e. The molecule has 0 spiro atoms. The van der Waals surface area contributed by atoms with Crippen molar-refractivity contribution in [3.63, 3.8) is 0 Å². The number of carbonyl (C=O) groups is 1. The summed E-state index contributed by atoms with van der Waals surface area (Å²) in [5.41, 5.74) is 0.814. The molecule has 0 aliphatic heterocycles. The highest BCUT2D eigenvalue weighted by Crippen LogP contribution is 2.25. The molecular weight excluding hydrogens is 274 g/mol. The van der Waals surface area contributed by atoms with Crippen LogP contribution >= 0.6 is 0 Å². The van der Waals surface area contributed by atoms with Crippen molar-refractivity contribution in [2.24, 2.45) is 5.92 Å². The third-order valence-electron chi connectivity index (χ3n) is 4.46. The van der Waals surface area contributed by atoms with E-state index in [4.69, 9.17) is 0 Å². The molecule has 1 fully saturated rings. The molecule has 0 unspecified atom stereocenters. The molecule has 1 aliphatic carbocycles. The van der Waals surface area contributed by atoms with E-state index in [1.165, 1.54) is 32.1 Å². The van der Waals surface area contributed by atoms with Crippen molar-refractivity contribution in [2.75, 3.05) is 11.9 Å². The molecule has 22 heavy (non-hydrogen) atoms. The first kappa shape index (κ1) is 14.8. The van der Waals surface area contributed by atoms with Gasteiger partial charge in [0.05, 0.1) is 0 Å². The van der Waals surface area contributed by atoms with Crippen LogP contribution in [-0.4, -0.2) is 17.6 Å². The molecule has 1 saturated carbocycles. The highest BCUT2D eigenvalue weighted by Gasteiger charge is 2.13. The van der Waals surface area contributed by atoms with Crippen molar-refractivity contribution in [2.45, 2.75) is 38.5 Å². The first-order valence-electron chi connectivity index (χ1n) is 8.20. The lowest BCUT2D eigenvalue weighted by Gasteiger charge is -2.21. The summed E-state index contributed by atoms with van der Waals surface area (Å²) in [7, 11) is 0. The zero-order valence-electron chi connectivity index (χ0n) is 12.8. The summed E-state index contributed by atoms with van der Waals surface area (Å²) in [4.78, 5) is 16.0. The fourth-order valence-corrected chi connectivity index (χ4v) is 3.20. The van der Waals surface area contributed by atoms with E-state index in [0.717, 1.165) is 35.3 Å². The summed E-state index contributed by atoms with van der Waals surface area (Å²) >= 11 is 0. The second kappa shape index (κ2) is 7.25. The number of urea groups is 1. The number of aromatic nitrogens is 1. The molecule has 2 aromatic rings. The Morgan fingerprint density at radius 2 is 2.00 bits per heavy atom. The number of nitrogens with zero attached hydrogens (tertiary/aromatic N) is 1. The number of amides is 2. The largest absolute Gasteiger partial charge is 0.338 e. The van der Waals surface area contributed by atoms with Crippen LogP contribution in [0.2, 0.25) is 0 Å². The Labute approximate surface area is 131 Å². The normalized spacial score (nSPS) is 15.6. The summed E-state index contributed by atoms with van der Waals surface area (Å²) in [6.07, 6.45) is 11.4. The topological polar surface area (TPSA) is 54.0 Å². The van der Waals surface area contributed by atoms with Crippen molar-refractivity contribution in [1.82, 2.24) is 10.3 Å². The number of anilines is 1. The van der Waals surface area contributed by atoms with Gasteiger partial charge in [-0.25, -0.2) is 4.79 Å². The summed E-state index contributed by atoms with van der Waals surface area (Å²) < 4.78 is 0. The van der Waals surface area contributed by atoms with Crippen LogP contribution < -0.4 is 10.6 Å². The van der Waals surface area contributed by atoms with Gasteiger partial charge in [0.1, 0.15) is 0 Å². The van der Waals surface area contributed by atoms with E-state index in [1.54, 1.807) is 6.20 Å². The number of fused-ring (bicyclic) bond motifs is 1. The van der Waals surface area contributed by atoms with E-state index in [0.29, 0.717) is 0 Å². The zero-order chi connectivity index (χ0) is 15.2. The summed E-state index contributed by atoms with van der Waals surface area (Å²) in [6, 6.07) is 7.67. The van der Waals surface area contributed by atoms with Gasteiger partial charge in [0, 0.05) is 30.0 Å². The quantitative estimate of drug-likeness (QED) is 0.882. The molecule has 1 aromatic carbocycles. The van der Waals surface area contributed by atoms with Crippen molar-refractivity contribution >= 4 is 22.5 Å². The second-order valence-electron chi connectivity index (χ2n) is 6.11. The number of rotatable bonds is 4. The molecule has 0 saturated heterocycles. The smallest absolute Gasteiger partial charge is 0.319 e. The predicted molar refractivity (Wildman–Crippen MR) is 90.0 cm³/mol. The van der Waals surface area contributed by atoms with Crippen LogP contribution in [0.1, 0.15) is 38.5 Å². The third kappa shape index (κ3) is 3.97. The lowest BCUT2D eigenvalue weighted by Crippen LogP contribution is -2.30. The van der Waals surface area contributed by atoms with Crippen LogP contribution in [-0.2, 0) is 0 Å². The van der Waals surface area contributed by atoms with Crippen molar-refractivity contribution < 1.29 is 4.79 Å². The molecule has 4 heteroatoms. The maximum absolute atomic E-state index is 12.0. The van der Waals surface area contributed by atoms with E-state index in [-0.39, 0.29) is 6.03 Å². The van der Waals surface area contributed by atoms with Crippen molar-refractivity contribution in [3.8, 4) is 0 Å². The van der Waals surface area contributed by atoms with Gasteiger partial charge in [-0.3, -0.25) is 4.98 Å². The zero-order valence-corrected chi connectivity index (χ0v) is 12.8. The SMILES string of the molecule is O=C(NCCC1CCCCC1)Nc1ccc2cnccc2c1. The average Bonchev–Trinajstić information content (AvgIpc) is 2.56. The van der Waals surface area contributed by atoms with E-state index in [2.05, 4.69) is 15.6 Å². The summed E-state index contributed by atoms with van der Waals surface area (Å²) in [6.45, 7) is 0.758. The van der Waals surface area contributed by atoms with Crippen LogP contribution in [0.5, 0.6) is 0 Å². The van der Waals surface area contributed by atoms with Gasteiger partial charge >= 0.3 is 6.03 Å². The Hall–Kier alpha value is -2.10. The number of benzene rings is 1. The number of carbonyl (C=O) groups excluding carboxylic acids is 1. The van der Waals surface area contributed by atoms with E-state index in [9.17, 15) is 4.79 Å². The minimum absolute atomic E-state index is 0.121. The first-order chi connectivity index (χ1) is 10.8. The lowest BCUT2D eigenvalue weighted by molar-refractivity contribution is 0.250. The Morgan fingerprint density at radius 3 is 2.86 bits per heavy atom. The fraction of sp³-hybridized carbons (Fsp3) is 0.444. The molecule has 1 aromatic heterocycles. The molecule has 0 atom stereocenters. The maximum atomic E-state index is 12.0. The first-order valence-corrected chi connectivity index (χ1v) is 8.20. The third-order valence-corrected chi connectivity index (χ3v) is 4.46. The average molecular weight is 297 g/mol. The molecule has 116 valence electrons. The molecule has 4 nitrogen and oxygen atoms in total. The van der Waals surface area contributed by atoms with E-state index < -0.39 is 0 Å². The van der Waals surface area contributed by atoms with Gasteiger partial charge in [0.15, 0.2) is 0 Å². The van der Waals surface area contributed by atoms with Gasteiger partial charge in [-0.15, -0.1) is 0 Å². The summed E-state index contributed by atoms with van der Waals surface area (Å²) in [5, 5.41) is 8.02. The Bertz CT molecular complexity index is 635. The number of hydrogen-bond acceptors (Lipinski definition) is 2. The van der Waals surface area contributed by atoms with Gasteiger partial charge in [-0.05, 0) is 35.9 Å². The molecule has 1 aliphatic rings. The standard InChI is InChI=1S/C18H23N3O/c22-18(20-11-8-14-4-2-1-3-5-14)21-17-7-6-16-13-19-10-9-15(16)12-17/h6-7,9-10,12-14H,1-5,8,11H2,(H2,20,21,22). The van der Waals surface area contributed by atoms with Gasteiger partial charge < -0.3 is 10.6 Å². The number of hydrogen-bond donors (Lipinski definition) is 2. The minimum atomic E-state index is -0.121. The molecule has 3 rings (SSSR count). The molecule has 2 amide bonds. The molecular formula is C18H23N3O. The Morgan fingerprint density at radius 1 is 1.14 bits per heavy atom. The van der Waals surface area contributed by atoms with Crippen LogP contribution in [0.25, 0.3) is 10.8 Å². The molecule has 1 heterocycles. The van der Waals surface area contributed by atoms with Crippen LogP contribution in [0.15, 0.2) is 36.7 Å². The highest BCUT2D eigenvalue weighted by molar-refractivity contribution is 5.93. The van der Waals surface area contributed by atoms with Crippen LogP contribution in [0.3, 0.4) is 0 Å². The molecule has 2 N–H and O–H groups in total. The van der Waals surface area contributed by atoms with Gasteiger partial charge in [-0.1, -0.05) is 38.2 Å². The molecule has 0 bridgehead atoms. The van der Waals surface area contributed by atoms with Crippen LogP contribution in [0, 0.1) is 5.92 Å². The summed E-state index contributed by atoms with van der Waals surface area (Å²) in [5.74, 6) is 0.794. The fourth-order valence-electron chi connectivity index (χ4n) is 3.20. The van der Waals surface area contributed by atoms with Crippen molar-refractivity contribution in [3.05, 3.63) is 36.7 Å². The van der Waals surface area contributed by atoms with E-state index >= 15 is 0 Å². The van der Waals surface area contributed by atoms with Crippen LogP contribution in [0.4, 0.5) is 10.5 Å². The molecule has 0 radical (unpaired) electrons. The Balaban J connectivity index is 1.47. The van der Waals surface area contributed by atoms with E-state index in [1.807, 2.05) is 30.5 Å². The van der Waals surface area contributed by atoms with Gasteiger partial charge in [0.2, 0.25) is 0 Å².